The minimum Gasteiger partial charge on any atom is -0.489 e. The largest absolute Gasteiger partial charge is 0.489 e. The molecular weight excluding hydrogens is 390 g/mol. The average Bonchev–Trinajstić information content (AvgIpc) is 3.01. The third-order valence-electron chi connectivity index (χ3n) is 4.69. The van der Waals surface area contributed by atoms with Crippen LogP contribution in [0.15, 0.2) is 54.9 Å². The van der Waals surface area contributed by atoms with E-state index in [1.165, 1.54) is 5.56 Å². The zero-order chi connectivity index (χ0) is 20.2. The van der Waals surface area contributed by atoms with Gasteiger partial charge >= 0.3 is 0 Å². The van der Waals surface area contributed by atoms with E-state index in [2.05, 4.69) is 17.2 Å². The average molecular weight is 412 g/mol. The van der Waals surface area contributed by atoms with Crippen LogP contribution in [0.25, 0.3) is 0 Å². The van der Waals surface area contributed by atoms with Crippen molar-refractivity contribution in [1.82, 2.24) is 14.7 Å². The molecule has 0 aliphatic carbocycles. The van der Waals surface area contributed by atoms with Gasteiger partial charge in [-0.15, -0.1) is 0 Å². The fourth-order valence-electron chi connectivity index (χ4n) is 3.27. The normalized spacial score (nSPS) is 13.0. The molecule has 0 N–H and O–H groups in total. The predicted molar refractivity (Wildman–Crippen MR) is 111 cm³/mol. The summed E-state index contributed by atoms with van der Waals surface area (Å²) in [6.07, 6.45) is 4.52. The van der Waals surface area contributed by atoms with Crippen LogP contribution >= 0.6 is 11.6 Å². The molecule has 7 heteroatoms. The second kappa shape index (κ2) is 8.57. The van der Waals surface area contributed by atoms with Crippen molar-refractivity contribution in [2.45, 2.75) is 19.5 Å². The Labute approximate surface area is 174 Å². The first-order valence-electron chi connectivity index (χ1n) is 9.50. The van der Waals surface area contributed by atoms with Crippen LogP contribution in [0, 0.1) is 0 Å². The highest BCUT2D eigenvalue weighted by molar-refractivity contribution is 6.32. The van der Waals surface area contributed by atoms with Gasteiger partial charge in [0.1, 0.15) is 0 Å². The number of ether oxygens (including phenoxy) is 2. The summed E-state index contributed by atoms with van der Waals surface area (Å²) in [5, 5.41) is 4.79. The SMILES string of the molecule is CN(Cc1cnn(Cc2ccccc2)c1)C(=O)c1cc(Cl)c2c(c1)OCCCO2. The first-order chi connectivity index (χ1) is 14.1. The Kier molecular flexibility index (Phi) is 5.71. The molecule has 1 aromatic heterocycles. The van der Waals surface area contributed by atoms with Crippen molar-refractivity contribution in [1.29, 1.82) is 0 Å². The molecule has 0 fully saturated rings. The van der Waals surface area contributed by atoms with Gasteiger partial charge in [-0.3, -0.25) is 9.48 Å². The first kappa shape index (κ1) is 19.3. The number of rotatable bonds is 5. The lowest BCUT2D eigenvalue weighted by Crippen LogP contribution is -2.26. The summed E-state index contributed by atoms with van der Waals surface area (Å²) in [5.41, 5.74) is 2.60. The van der Waals surface area contributed by atoms with Crippen molar-refractivity contribution >= 4 is 17.5 Å². The Morgan fingerprint density at radius 3 is 2.79 bits per heavy atom. The third kappa shape index (κ3) is 4.54. The third-order valence-corrected chi connectivity index (χ3v) is 4.97. The number of nitrogens with zero attached hydrogens (tertiary/aromatic N) is 3. The maximum atomic E-state index is 12.9. The Bertz CT molecular complexity index is 1000. The number of carbonyl (C=O) groups excluding carboxylic acids is 1. The highest BCUT2D eigenvalue weighted by Gasteiger charge is 2.20. The summed E-state index contributed by atoms with van der Waals surface area (Å²) in [4.78, 5) is 14.6. The van der Waals surface area contributed by atoms with E-state index >= 15 is 0 Å². The van der Waals surface area contributed by atoms with E-state index in [1.807, 2.05) is 29.1 Å². The van der Waals surface area contributed by atoms with Gasteiger partial charge in [0.15, 0.2) is 11.5 Å². The van der Waals surface area contributed by atoms with Crippen molar-refractivity contribution in [3.8, 4) is 11.5 Å². The summed E-state index contributed by atoms with van der Waals surface area (Å²) in [6, 6.07) is 13.5. The summed E-state index contributed by atoms with van der Waals surface area (Å²) in [6.45, 7) is 2.22. The van der Waals surface area contributed by atoms with E-state index in [9.17, 15) is 4.79 Å². The molecule has 150 valence electrons. The Balaban J connectivity index is 1.45. The van der Waals surface area contributed by atoms with Gasteiger partial charge in [-0.2, -0.15) is 5.10 Å². The van der Waals surface area contributed by atoms with Gasteiger partial charge in [-0.1, -0.05) is 41.9 Å². The molecule has 0 unspecified atom stereocenters. The summed E-state index contributed by atoms with van der Waals surface area (Å²) >= 11 is 6.32. The topological polar surface area (TPSA) is 56.6 Å². The van der Waals surface area contributed by atoms with E-state index in [-0.39, 0.29) is 5.91 Å². The van der Waals surface area contributed by atoms with Crippen molar-refractivity contribution in [2.24, 2.45) is 0 Å². The lowest BCUT2D eigenvalue weighted by atomic mass is 10.1. The lowest BCUT2D eigenvalue weighted by molar-refractivity contribution is 0.0784. The molecule has 0 atom stereocenters. The molecule has 0 saturated heterocycles. The zero-order valence-electron chi connectivity index (χ0n) is 16.2. The molecule has 1 amide bonds. The molecule has 2 aromatic carbocycles. The van der Waals surface area contributed by atoms with Gasteiger partial charge in [-0.05, 0) is 17.7 Å². The molecule has 29 heavy (non-hydrogen) atoms. The second-order valence-corrected chi connectivity index (χ2v) is 7.44. The summed E-state index contributed by atoms with van der Waals surface area (Å²) in [7, 11) is 1.76. The number of halogens is 1. The number of hydrogen-bond acceptors (Lipinski definition) is 4. The molecule has 4 rings (SSSR count). The number of hydrogen-bond donors (Lipinski definition) is 0. The molecule has 6 nitrogen and oxygen atoms in total. The standard InChI is InChI=1S/C22H22ClN3O3/c1-25(13-17-12-24-26(15-17)14-16-6-3-2-4-7-16)22(27)18-10-19(23)21-20(11-18)28-8-5-9-29-21/h2-4,6-7,10-12,15H,5,8-9,13-14H2,1H3. The summed E-state index contributed by atoms with van der Waals surface area (Å²) in [5.74, 6) is 0.881. The maximum Gasteiger partial charge on any atom is 0.254 e. The second-order valence-electron chi connectivity index (χ2n) is 7.03. The number of carbonyl (C=O) groups is 1. The van der Waals surface area contributed by atoms with Crippen molar-refractivity contribution in [2.75, 3.05) is 20.3 Å². The lowest BCUT2D eigenvalue weighted by Gasteiger charge is -2.18. The number of benzene rings is 2. The molecule has 1 aliphatic heterocycles. The quantitative estimate of drug-likeness (QED) is 0.636. The fourth-order valence-corrected chi connectivity index (χ4v) is 3.53. The highest BCUT2D eigenvalue weighted by Crippen LogP contribution is 2.38. The van der Waals surface area contributed by atoms with Crippen LogP contribution < -0.4 is 9.47 Å². The Morgan fingerprint density at radius 1 is 1.17 bits per heavy atom. The van der Waals surface area contributed by atoms with Crippen LogP contribution in [0.2, 0.25) is 5.02 Å². The van der Waals surface area contributed by atoms with E-state index in [4.69, 9.17) is 21.1 Å². The number of aromatic nitrogens is 2. The van der Waals surface area contributed by atoms with E-state index in [0.717, 1.165) is 12.0 Å². The van der Waals surface area contributed by atoms with E-state index in [0.29, 0.717) is 48.4 Å². The maximum absolute atomic E-state index is 12.9. The smallest absolute Gasteiger partial charge is 0.254 e. The molecule has 2 heterocycles. The molecule has 1 aliphatic rings. The monoisotopic (exact) mass is 411 g/mol. The van der Waals surface area contributed by atoms with Crippen LogP contribution in [0.1, 0.15) is 27.9 Å². The molecule has 0 spiro atoms. The summed E-state index contributed by atoms with van der Waals surface area (Å²) < 4.78 is 13.2. The van der Waals surface area contributed by atoms with Gasteiger partial charge in [0.2, 0.25) is 0 Å². The minimum absolute atomic E-state index is 0.140. The van der Waals surface area contributed by atoms with E-state index < -0.39 is 0 Å². The molecule has 0 radical (unpaired) electrons. The van der Waals surface area contributed by atoms with Crippen molar-refractivity contribution in [3.63, 3.8) is 0 Å². The van der Waals surface area contributed by atoms with E-state index in [1.54, 1.807) is 30.3 Å². The molecule has 3 aromatic rings. The Hall–Kier alpha value is -2.99. The number of amides is 1. The van der Waals surface area contributed by atoms with Gasteiger partial charge < -0.3 is 14.4 Å². The zero-order valence-corrected chi connectivity index (χ0v) is 16.9. The van der Waals surface area contributed by atoms with Crippen LogP contribution in [-0.2, 0) is 13.1 Å². The van der Waals surface area contributed by atoms with Gasteiger partial charge in [-0.25, -0.2) is 0 Å². The van der Waals surface area contributed by atoms with Crippen LogP contribution in [0.4, 0.5) is 0 Å². The minimum atomic E-state index is -0.140. The predicted octanol–water partition coefficient (Wildman–Crippen LogP) is 4.02. The number of fused-ring (bicyclic) bond motifs is 1. The van der Waals surface area contributed by atoms with Crippen LogP contribution in [0.5, 0.6) is 11.5 Å². The first-order valence-corrected chi connectivity index (χ1v) is 9.88. The molecule has 0 saturated carbocycles. The fraction of sp³-hybridized carbons (Fsp3) is 0.273. The van der Waals surface area contributed by atoms with Gasteiger partial charge in [0.05, 0.1) is 31.0 Å². The highest BCUT2D eigenvalue weighted by atomic mass is 35.5. The molecular formula is C22H22ClN3O3. The van der Waals surface area contributed by atoms with Gasteiger partial charge in [0, 0.05) is 37.3 Å². The van der Waals surface area contributed by atoms with Crippen molar-refractivity contribution < 1.29 is 14.3 Å². The van der Waals surface area contributed by atoms with Crippen molar-refractivity contribution in [3.05, 3.63) is 76.6 Å². The molecule has 0 bridgehead atoms. The van der Waals surface area contributed by atoms with Gasteiger partial charge in [0.25, 0.3) is 5.91 Å². The Morgan fingerprint density at radius 2 is 1.97 bits per heavy atom. The van der Waals surface area contributed by atoms with Crippen LogP contribution in [-0.4, -0.2) is 40.8 Å². The van der Waals surface area contributed by atoms with Crippen LogP contribution in [0.3, 0.4) is 0 Å².